The minimum absolute atomic E-state index is 0.167. The molecule has 1 aromatic carbocycles. The highest BCUT2D eigenvalue weighted by Gasteiger charge is 2.27. The molecule has 1 heterocycles. The number of Topliss-reactive ketones (excluding diaryl/α,β-unsaturated/α-hetero) is 1. The summed E-state index contributed by atoms with van der Waals surface area (Å²) in [6, 6.07) is 5.19. The molecule has 2 amide bonds. The first-order valence-electron chi connectivity index (χ1n) is 7.99. The molecule has 122 valence electrons. The summed E-state index contributed by atoms with van der Waals surface area (Å²) < 4.78 is 0. The largest absolute Gasteiger partial charge is 0.481 e. The van der Waals surface area contributed by atoms with Crippen LogP contribution in [0, 0.1) is 5.92 Å². The number of aliphatic carboxylic acids is 1. The molecule has 0 aromatic heterocycles. The number of carboxylic acid groups (broad SMARTS) is 1. The Kier molecular flexibility index (Phi) is 4.32. The van der Waals surface area contributed by atoms with Crippen molar-refractivity contribution in [2.45, 2.75) is 32.1 Å². The molecule has 3 rings (SSSR count). The smallest absolute Gasteiger partial charge is 0.321 e. The lowest BCUT2D eigenvalue weighted by molar-refractivity contribution is -0.143. The number of benzene rings is 1. The predicted molar refractivity (Wildman–Crippen MR) is 84.7 cm³/mol. The normalized spacial score (nSPS) is 18.4. The van der Waals surface area contributed by atoms with Gasteiger partial charge in [-0.3, -0.25) is 9.59 Å². The van der Waals surface area contributed by atoms with Crippen molar-refractivity contribution in [3.8, 4) is 0 Å². The van der Waals surface area contributed by atoms with Crippen molar-refractivity contribution >= 4 is 23.5 Å². The molecule has 1 aromatic rings. The van der Waals surface area contributed by atoms with Crippen molar-refractivity contribution in [1.82, 2.24) is 4.90 Å². The number of hydrogen-bond donors (Lipinski definition) is 2. The second-order valence-corrected chi connectivity index (χ2v) is 6.18. The van der Waals surface area contributed by atoms with Gasteiger partial charge in [0, 0.05) is 30.8 Å². The lowest BCUT2D eigenvalue weighted by atomic mass is 9.90. The molecular weight excluding hydrogens is 296 g/mol. The van der Waals surface area contributed by atoms with Crippen molar-refractivity contribution in [2.75, 3.05) is 18.4 Å². The van der Waals surface area contributed by atoms with Gasteiger partial charge in [-0.2, -0.15) is 0 Å². The van der Waals surface area contributed by atoms with Gasteiger partial charge < -0.3 is 15.3 Å². The Balaban J connectivity index is 1.62. The molecule has 1 fully saturated rings. The van der Waals surface area contributed by atoms with Gasteiger partial charge in [-0.25, -0.2) is 4.79 Å². The number of likely N-dealkylation sites (tertiary alicyclic amines) is 1. The fourth-order valence-electron chi connectivity index (χ4n) is 3.26. The van der Waals surface area contributed by atoms with E-state index in [4.69, 9.17) is 5.11 Å². The summed E-state index contributed by atoms with van der Waals surface area (Å²) in [5.41, 5.74) is 2.43. The molecule has 6 nitrogen and oxygen atoms in total. The quantitative estimate of drug-likeness (QED) is 0.878. The first-order valence-corrected chi connectivity index (χ1v) is 7.99. The van der Waals surface area contributed by atoms with Crippen LogP contribution in [0.4, 0.5) is 10.5 Å². The van der Waals surface area contributed by atoms with Gasteiger partial charge in [0.15, 0.2) is 5.78 Å². The SMILES string of the molecule is O=C1CCCc2cc(NC(=O)N3CCC(C(=O)O)CC3)ccc21. The molecule has 0 atom stereocenters. The van der Waals surface area contributed by atoms with Crippen molar-refractivity contribution in [2.24, 2.45) is 5.92 Å². The Morgan fingerprint density at radius 1 is 1.17 bits per heavy atom. The van der Waals surface area contributed by atoms with Crippen LogP contribution in [-0.4, -0.2) is 40.9 Å². The second kappa shape index (κ2) is 6.40. The number of aryl methyl sites for hydroxylation is 1. The topological polar surface area (TPSA) is 86.7 Å². The van der Waals surface area contributed by atoms with Gasteiger partial charge >= 0.3 is 12.0 Å². The highest BCUT2D eigenvalue weighted by atomic mass is 16.4. The van der Waals surface area contributed by atoms with E-state index in [-0.39, 0.29) is 17.7 Å². The Bertz CT molecular complexity index is 648. The summed E-state index contributed by atoms with van der Waals surface area (Å²) in [6.07, 6.45) is 3.28. The van der Waals surface area contributed by atoms with Crippen LogP contribution in [0.5, 0.6) is 0 Å². The zero-order valence-electron chi connectivity index (χ0n) is 12.9. The first-order chi connectivity index (χ1) is 11.0. The molecule has 0 spiro atoms. The Hall–Kier alpha value is -2.37. The van der Waals surface area contributed by atoms with Crippen molar-refractivity contribution < 1.29 is 19.5 Å². The average molecular weight is 316 g/mol. The molecule has 6 heteroatoms. The molecule has 0 unspecified atom stereocenters. The maximum atomic E-state index is 12.3. The van der Waals surface area contributed by atoms with Gasteiger partial charge in [0.05, 0.1) is 5.92 Å². The van der Waals surface area contributed by atoms with Crippen molar-refractivity contribution in [3.63, 3.8) is 0 Å². The molecular formula is C17H20N2O4. The maximum Gasteiger partial charge on any atom is 0.321 e. The average Bonchev–Trinajstić information content (AvgIpc) is 2.55. The van der Waals surface area contributed by atoms with E-state index >= 15 is 0 Å². The summed E-state index contributed by atoms with van der Waals surface area (Å²) in [5, 5.41) is 11.8. The molecule has 0 saturated carbocycles. The summed E-state index contributed by atoms with van der Waals surface area (Å²) >= 11 is 0. The number of anilines is 1. The van der Waals surface area contributed by atoms with E-state index in [0.29, 0.717) is 38.0 Å². The van der Waals surface area contributed by atoms with E-state index in [9.17, 15) is 14.4 Å². The summed E-state index contributed by atoms with van der Waals surface area (Å²) in [4.78, 5) is 36.7. The number of carboxylic acids is 1. The van der Waals surface area contributed by atoms with Crippen LogP contribution in [-0.2, 0) is 11.2 Å². The summed E-state index contributed by atoms with van der Waals surface area (Å²) in [7, 11) is 0. The standard InChI is InChI=1S/C17H20N2O4/c20-15-3-1-2-12-10-13(4-5-14(12)15)18-17(23)19-8-6-11(7-9-19)16(21)22/h4-5,10-11H,1-3,6-9H2,(H,18,23)(H,21,22). The minimum Gasteiger partial charge on any atom is -0.481 e. The number of piperidine rings is 1. The van der Waals surface area contributed by atoms with Gasteiger partial charge in [-0.05, 0) is 49.4 Å². The zero-order chi connectivity index (χ0) is 16.4. The number of nitrogens with one attached hydrogen (secondary N) is 1. The number of carbonyl (C=O) groups is 3. The number of urea groups is 1. The number of hydrogen-bond acceptors (Lipinski definition) is 3. The number of ketones is 1. The van der Waals surface area contributed by atoms with E-state index in [1.54, 1.807) is 17.0 Å². The highest BCUT2D eigenvalue weighted by Crippen LogP contribution is 2.25. The van der Waals surface area contributed by atoms with E-state index < -0.39 is 5.97 Å². The molecule has 2 N–H and O–H groups in total. The van der Waals surface area contributed by atoms with Crippen LogP contribution in [0.15, 0.2) is 18.2 Å². The van der Waals surface area contributed by atoms with E-state index in [1.165, 1.54) is 0 Å². The lowest BCUT2D eigenvalue weighted by Gasteiger charge is -2.30. The van der Waals surface area contributed by atoms with Crippen LogP contribution in [0.2, 0.25) is 0 Å². The van der Waals surface area contributed by atoms with Crippen LogP contribution >= 0.6 is 0 Å². The van der Waals surface area contributed by atoms with Gasteiger partial charge in [0.2, 0.25) is 0 Å². The number of rotatable bonds is 2. The van der Waals surface area contributed by atoms with E-state index in [2.05, 4.69) is 5.32 Å². The maximum absolute atomic E-state index is 12.3. The Morgan fingerprint density at radius 3 is 2.61 bits per heavy atom. The number of amides is 2. The van der Waals surface area contributed by atoms with Crippen LogP contribution < -0.4 is 5.32 Å². The van der Waals surface area contributed by atoms with Crippen molar-refractivity contribution in [3.05, 3.63) is 29.3 Å². The van der Waals surface area contributed by atoms with Gasteiger partial charge in [0.25, 0.3) is 0 Å². The van der Waals surface area contributed by atoms with E-state index in [0.717, 1.165) is 24.0 Å². The van der Waals surface area contributed by atoms with Crippen LogP contribution in [0.3, 0.4) is 0 Å². The monoisotopic (exact) mass is 316 g/mol. The predicted octanol–water partition coefficient (Wildman–Crippen LogP) is 2.53. The summed E-state index contributed by atoms with van der Waals surface area (Å²) in [5.74, 6) is -0.974. The fourth-order valence-corrected chi connectivity index (χ4v) is 3.26. The van der Waals surface area contributed by atoms with Gasteiger partial charge in [0.1, 0.15) is 0 Å². The van der Waals surface area contributed by atoms with Crippen LogP contribution in [0.25, 0.3) is 0 Å². The fraction of sp³-hybridized carbons (Fsp3) is 0.471. The van der Waals surface area contributed by atoms with Crippen LogP contribution in [0.1, 0.15) is 41.6 Å². The molecule has 1 aliphatic carbocycles. The number of fused-ring (bicyclic) bond motifs is 1. The highest BCUT2D eigenvalue weighted by molar-refractivity contribution is 5.99. The lowest BCUT2D eigenvalue weighted by Crippen LogP contribution is -2.42. The Morgan fingerprint density at radius 2 is 1.91 bits per heavy atom. The van der Waals surface area contributed by atoms with Crippen molar-refractivity contribution in [1.29, 1.82) is 0 Å². The molecule has 1 saturated heterocycles. The first kappa shape index (κ1) is 15.5. The third kappa shape index (κ3) is 3.36. The zero-order valence-corrected chi connectivity index (χ0v) is 12.9. The minimum atomic E-state index is -0.788. The number of nitrogens with zero attached hydrogens (tertiary/aromatic N) is 1. The third-order valence-electron chi connectivity index (χ3n) is 4.64. The third-order valence-corrected chi connectivity index (χ3v) is 4.64. The molecule has 23 heavy (non-hydrogen) atoms. The molecule has 0 radical (unpaired) electrons. The van der Waals surface area contributed by atoms with Gasteiger partial charge in [-0.1, -0.05) is 0 Å². The Labute approximate surface area is 134 Å². The van der Waals surface area contributed by atoms with Gasteiger partial charge in [-0.15, -0.1) is 0 Å². The summed E-state index contributed by atoms with van der Waals surface area (Å²) in [6.45, 7) is 0.901. The molecule has 0 bridgehead atoms. The second-order valence-electron chi connectivity index (χ2n) is 6.18. The molecule has 2 aliphatic rings. The number of carbonyl (C=O) groups excluding carboxylic acids is 2. The molecule has 1 aliphatic heterocycles. The van der Waals surface area contributed by atoms with E-state index in [1.807, 2.05) is 6.07 Å².